The summed E-state index contributed by atoms with van der Waals surface area (Å²) in [6, 6.07) is 7.96. The van der Waals surface area contributed by atoms with Gasteiger partial charge in [-0.1, -0.05) is 12.1 Å². The van der Waals surface area contributed by atoms with E-state index in [-0.39, 0.29) is 18.0 Å². The van der Waals surface area contributed by atoms with Crippen LogP contribution in [0, 0.1) is 5.82 Å². The number of rotatable bonds is 3. The van der Waals surface area contributed by atoms with Crippen molar-refractivity contribution < 1.29 is 13.9 Å². The van der Waals surface area contributed by atoms with Gasteiger partial charge >= 0.3 is 0 Å². The molecule has 1 aromatic heterocycles. The summed E-state index contributed by atoms with van der Waals surface area (Å²) in [4.78, 5) is 18.1. The van der Waals surface area contributed by atoms with Crippen molar-refractivity contribution in [1.82, 2.24) is 4.98 Å². The Hall–Kier alpha value is -2.27. The standard InChI is InChI=1S/C18H19FN2O2/c1-12-9-21(10-13(2)23-12)18-16(11-22)7-15(8-20-18)14-3-5-17(19)6-4-14/h3-8,11-13H,9-10H2,1-2H3/t12-,13+. The summed E-state index contributed by atoms with van der Waals surface area (Å²) in [5.41, 5.74) is 2.16. The predicted octanol–water partition coefficient (Wildman–Crippen LogP) is 3.31. The third-order valence-electron chi connectivity index (χ3n) is 3.92. The number of pyridine rings is 1. The number of aromatic nitrogens is 1. The van der Waals surface area contributed by atoms with Crippen molar-refractivity contribution in [3.63, 3.8) is 0 Å². The molecule has 4 nitrogen and oxygen atoms in total. The lowest BCUT2D eigenvalue weighted by molar-refractivity contribution is -0.00549. The van der Waals surface area contributed by atoms with Gasteiger partial charge in [-0.2, -0.15) is 0 Å². The highest BCUT2D eigenvalue weighted by Gasteiger charge is 2.25. The van der Waals surface area contributed by atoms with E-state index in [0.717, 1.165) is 17.4 Å². The van der Waals surface area contributed by atoms with E-state index in [9.17, 15) is 9.18 Å². The molecule has 0 N–H and O–H groups in total. The second-order valence-corrected chi connectivity index (χ2v) is 5.92. The third-order valence-corrected chi connectivity index (χ3v) is 3.92. The van der Waals surface area contributed by atoms with Crippen molar-refractivity contribution in [2.24, 2.45) is 0 Å². The van der Waals surface area contributed by atoms with E-state index in [1.165, 1.54) is 12.1 Å². The monoisotopic (exact) mass is 314 g/mol. The first-order valence-electron chi connectivity index (χ1n) is 7.68. The molecule has 2 heterocycles. The second-order valence-electron chi connectivity index (χ2n) is 5.92. The summed E-state index contributed by atoms with van der Waals surface area (Å²) in [6.07, 6.45) is 2.73. The number of hydrogen-bond donors (Lipinski definition) is 0. The van der Waals surface area contributed by atoms with Crippen molar-refractivity contribution in [1.29, 1.82) is 0 Å². The van der Waals surface area contributed by atoms with Crippen molar-refractivity contribution in [3.05, 3.63) is 47.9 Å². The molecule has 0 saturated carbocycles. The zero-order valence-electron chi connectivity index (χ0n) is 13.2. The number of hydrogen-bond acceptors (Lipinski definition) is 4. The lowest BCUT2D eigenvalue weighted by Gasteiger charge is -2.36. The van der Waals surface area contributed by atoms with Crippen LogP contribution in [0.4, 0.5) is 10.2 Å². The summed E-state index contributed by atoms with van der Waals surface area (Å²) in [5.74, 6) is 0.387. The summed E-state index contributed by atoms with van der Waals surface area (Å²) in [6.45, 7) is 5.43. The van der Waals surface area contributed by atoms with Crippen LogP contribution >= 0.6 is 0 Å². The molecule has 0 spiro atoms. The highest BCUT2D eigenvalue weighted by Crippen LogP contribution is 2.26. The maximum atomic E-state index is 13.0. The number of carbonyl (C=O) groups excluding carboxylic acids is 1. The Morgan fingerprint density at radius 2 is 1.83 bits per heavy atom. The Labute approximate surface area is 134 Å². The summed E-state index contributed by atoms with van der Waals surface area (Å²) < 4.78 is 18.8. The Bertz CT molecular complexity index is 693. The number of anilines is 1. The average Bonchev–Trinajstić information content (AvgIpc) is 2.54. The molecule has 23 heavy (non-hydrogen) atoms. The largest absolute Gasteiger partial charge is 0.372 e. The molecule has 1 fully saturated rings. The van der Waals surface area contributed by atoms with Crippen LogP contribution in [-0.2, 0) is 4.74 Å². The molecule has 1 aliphatic heterocycles. The van der Waals surface area contributed by atoms with E-state index in [0.29, 0.717) is 24.5 Å². The Morgan fingerprint density at radius 3 is 2.43 bits per heavy atom. The van der Waals surface area contributed by atoms with Crippen molar-refractivity contribution >= 4 is 12.1 Å². The van der Waals surface area contributed by atoms with Crippen LogP contribution in [0.5, 0.6) is 0 Å². The predicted molar refractivity (Wildman–Crippen MR) is 87.2 cm³/mol. The van der Waals surface area contributed by atoms with Gasteiger partial charge in [0.2, 0.25) is 0 Å². The lowest BCUT2D eigenvalue weighted by atomic mass is 10.1. The summed E-state index contributed by atoms with van der Waals surface area (Å²) >= 11 is 0. The van der Waals surface area contributed by atoms with Gasteiger partial charge in [0.05, 0.1) is 17.8 Å². The highest BCUT2D eigenvalue weighted by atomic mass is 19.1. The molecule has 120 valence electrons. The number of aldehydes is 1. The molecular formula is C18H19FN2O2. The zero-order chi connectivity index (χ0) is 16.4. The first kappa shape index (κ1) is 15.6. The number of carbonyl (C=O) groups is 1. The molecule has 1 saturated heterocycles. The molecule has 0 aliphatic carbocycles. The molecule has 3 rings (SSSR count). The molecule has 0 unspecified atom stereocenters. The van der Waals surface area contributed by atoms with E-state index in [1.54, 1.807) is 24.4 Å². The van der Waals surface area contributed by atoms with E-state index in [1.807, 2.05) is 13.8 Å². The smallest absolute Gasteiger partial charge is 0.153 e. The Kier molecular flexibility index (Phi) is 4.39. The van der Waals surface area contributed by atoms with Gasteiger partial charge in [-0.05, 0) is 37.6 Å². The van der Waals surface area contributed by atoms with Gasteiger partial charge in [0.15, 0.2) is 6.29 Å². The van der Waals surface area contributed by atoms with E-state index < -0.39 is 0 Å². The first-order valence-corrected chi connectivity index (χ1v) is 7.68. The highest BCUT2D eigenvalue weighted by molar-refractivity contribution is 5.85. The molecule has 0 amide bonds. The molecule has 0 radical (unpaired) electrons. The minimum absolute atomic E-state index is 0.0943. The van der Waals surface area contributed by atoms with Gasteiger partial charge in [0.1, 0.15) is 11.6 Å². The minimum atomic E-state index is -0.287. The number of morpholine rings is 1. The Balaban J connectivity index is 1.93. The fourth-order valence-corrected chi connectivity index (χ4v) is 2.98. The first-order chi connectivity index (χ1) is 11.1. The van der Waals surface area contributed by atoms with Gasteiger partial charge in [0, 0.05) is 24.8 Å². The number of ether oxygens (including phenoxy) is 1. The molecular weight excluding hydrogens is 295 g/mol. The van der Waals surface area contributed by atoms with Crippen LogP contribution in [0.3, 0.4) is 0 Å². The normalized spacial score (nSPS) is 21.3. The van der Waals surface area contributed by atoms with E-state index >= 15 is 0 Å². The van der Waals surface area contributed by atoms with Crippen LogP contribution < -0.4 is 4.90 Å². The summed E-state index contributed by atoms with van der Waals surface area (Å²) in [7, 11) is 0. The minimum Gasteiger partial charge on any atom is -0.372 e. The molecule has 1 aliphatic rings. The van der Waals surface area contributed by atoms with Crippen LogP contribution in [0.2, 0.25) is 0 Å². The number of nitrogens with zero attached hydrogens (tertiary/aromatic N) is 2. The topological polar surface area (TPSA) is 42.4 Å². The molecule has 5 heteroatoms. The molecule has 2 aromatic rings. The van der Waals surface area contributed by atoms with E-state index in [2.05, 4.69) is 9.88 Å². The van der Waals surface area contributed by atoms with Gasteiger partial charge in [-0.3, -0.25) is 4.79 Å². The second kappa shape index (κ2) is 6.46. The average molecular weight is 314 g/mol. The SMILES string of the molecule is C[C@@H]1CN(c2ncc(-c3ccc(F)cc3)cc2C=O)C[C@H](C)O1. The molecule has 0 bridgehead atoms. The zero-order valence-corrected chi connectivity index (χ0v) is 13.2. The Morgan fingerprint density at radius 1 is 1.17 bits per heavy atom. The lowest BCUT2D eigenvalue weighted by Crippen LogP contribution is -2.46. The van der Waals surface area contributed by atoms with Crippen LogP contribution in [0.1, 0.15) is 24.2 Å². The van der Waals surface area contributed by atoms with Gasteiger partial charge in [0.25, 0.3) is 0 Å². The molecule has 1 aromatic carbocycles. The van der Waals surface area contributed by atoms with Crippen LogP contribution in [0.25, 0.3) is 11.1 Å². The van der Waals surface area contributed by atoms with Crippen LogP contribution in [0.15, 0.2) is 36.5 Å². The number of benzene rings is 1. The fraction of sp³-hybridized carbons (Fsp3) is 0.333. The number of halogens is 1. The van der Waals surface area contributed by atoms with Gasteiger partial charge in [-0.25, -0.2) is 9.37 Å². The van der Waals surface area contributed by atoms with Crippen LogP contribution in [-0.4, -0.2) is 36.6 Å². The third kappa shape index (κ3) is 3.40. The van der Waals surface area contributed by atoms with Crippen molar-refractivity contribution in [2.45, 2.75) is 26.1 Å². The molecule has 2 atom stereocenters. The van der Waals surface area contributed by atoms with Gasteiger partial charge in [-0.15, -0.1) is 0 Å². The quantitative estimate of drug-likeness (QED) is 0.815. The summed E-state index contributed by atoms with van der Waals surface area (Å²) in [5, 5.41) is 0. The fourth-order valence-electron chi connectivity index (χ4n) is 2.98. The van der Waals surface area contributed by atoms with E-state index in [4.69, 9.17) is 4.74 Å². The maximum Gasteiger partial charge on any atom is 0.153 e. The van der Waals surface area contributed by atoms with Crippen molar-refractivity contribution in [3.8, 4) is 11.1 Å². The van der Waals surface area contributed by atoms with Gasteiger partial charge < -0.3 is 9.64 Å². The van der Waals surface area contributed by atoms with Crippen molar-refractivity contribution in [2.75, 3.05) is 18.0 Å². The maximum absolute atomic E-state index is 13.0.